The zero-order valence-corrected chi connectivity index (χ0v) is 16.7. The molecule has 0 unspecified atom stereocenters. The molecule has 0 bridgehead atoms. The molecule has 2 rings (SSSR count). The minimum absolute atomic E-state index is 0.120. The highest BCUT2D eigenvalue weighted by Crippen LogP contribution is 2.34. The summed E-state index contributed by atoms with van der Waals surface area (Å²) in [5.74, 6) is 1.73. The van der Waals surface area contributed by atoms with Gasteiger partial charge in [-0.05, 0) is 42.7 Å². The van der Waals surface area contributed by atoms with Crippen LogP contribution < -0.4 is 0 Å². The van der Waals surface area contributed by atoms with Crippen LogP contribution in [0.15, 0.2) is 23.1 Å². The molecule has 25 heavy (non-hydrogen) atoms. The Labute approximate surface area is 154 Å². The van der Waals surface area contributed by atoms with E-state index in [9.17, 15) is 13.0 Å². The smallest absolute Gasteiger partial charge is 0.282 e. The van der Waals surface area contributed by atoms with Crippen LogP contribution in [0.2, 0.25) is 0 Å². The summed E-state index contributed by atoms with van der Waals surface area (Å²) in [4.78, 5) is 0.120. The molecular formula is C21H34O3S. The maximum atomic E-state index is 11.6. The van der Waals surface area contributed by atoms with E-state index in [1.807, 2.05) is 12.1 Å². The van der Waals surface area contributed by atoms with Crippen molar-refractivity contribution in [1.82, 2.24) is 0 Å². The first-order valence-electron chi connectivity index (χ1n) is 9.97. The monoisotopic (exact) mass is 366 g/mol. The minimum Gasteiger partial charge on any atom is -0.282 e. The third kappa shape index (κ3) is 6.41. The highest BCUT2D eigenvalue weighted by Gasteiger charge is 2.21. The van der Waals surface area contributed by atoms with Gasteiger partial charge in [-0.1, -0.05) is 82.9 Å². The van der Waals surface area contributed by atoms with Crippen LogP contribution in [0.25, 0.3) is 0 Å². The molecule has 0 aromatic heterocycles. The third-order valence-electron chi connectivity index (χ3n) is 5.79. The van der Waals surface area contributed by atoms with Crippen molar-refractivity contribution >= 4 is 10.1 Å². The molecule has 0 spiro atoms. The average Bonchev–Trinajstić information content (AvgIpc) is 2.55. The summed E-state index contributed by atoms with van der Waals surface area (Å²) < 4.78 is 32.8. The summed E-state index contributed by atoms with van der Waals surface area (Å²) in [5.41, 5.74) is 1.39. The van der Waals surface area contributed by atoms with Crippen molar-refractivity contribution in [2.45, 2.75) is 89.4 Å². The summed E-state index contributed by atoms with van der Waals surface area (Å²) in [7, 11) is -4.14. The van der Waals surface area contributed by atoms with E-state index in [-0.39, 0.29) is 4.90 Å². The Kier molecular flexibility index (Phi) is 7.95. The Morgan fingerprint density at radius 3 is 2.16 bits per heavy atom. The van der Waals surface area contributed by atoms with Gasteiger partial charge in [-0.15, -0.1) is 0 Å². The van der Waals surface area contributed by atoms with Gasteiger partial charge < -0.3 is 0 Å². The maximum absolute atomic E-state index is 11.6. The number of hydrogen-bond acceptors (Lipinski definition) is 2. The van der Waals surface area contributed by atoms with E-state index in [2.05, 4.69) is 6.92 Å². The SMILES string of the molecule is CCCCC[C@H]1CC[C@H](CCCc2cccc(C)c2S(=O)(=O)O)CC1. The predicted molar refractivity (Wildman–Crippen MR) is 104 cm³/mol. The zero-order chi connectivity index (χ0) is 18.3. The fraction of sp³-hybridized carbons (Fsp3) is 0.714. The molecule has 0 amide bonds. The number of hydrogen-bond donors (Lipinski definition) is 1. The molecule has 0 saturated heterocycles. The molecule has 1 fully saturated rings. The van der Waals surface area contributed by atoms with Crippen molar-refractivity contribution in [1.29, 1.82) is 0 Å². The van der Waals surface area contributed by atoms with Gasteiger partial charge in [-0.2, -0.15) is 8.42 Å². The first kappa shape index (κ1) is 20.4. The average molecular weight is 367 g/mol. The van der Waals surface area contributed by atoms with Crippen LogP contribution in [0.1, 0.15) is 82.3 Å². The van der Waals surface area contributed by atoms with Crippen molar-refractivity contribution < 1.29 is 13.0 Å². The van der Waals surface area contributed by atoms with E-state index in [1.54, 1.807) is 13.0 Å². The molecule has 1 saturated carbocycles. The molecule has 0 aliphatic heterocycles. The fourth-order valence-electron chi connectivity index (χ4n) is 4.35. The maximum Gasteiger partial charge on any atom is 0.295 e. The molecule has 4 heteroatoms. The quantitative estimate of drug-likeness (QED) is 0.434. The molecule has 142 valence electrons. The number of rotatable bonds is 9. The molecule has 1 aromatic carbocycles. The minimum atomic E-state index is -4.14. The van der Waals surface area contributed by atoms with Crippen LogP contribution in [0.5, 0.6) is 0 Å². The van der Waals surface area contributed by atoms with Crippen molar-refractivity contribution in [2.75, 3.05) is 0 Å². The lowest BCUT2D eigenvalue weighted by Crippen LogP contribution is -2.15. The summed E-state index contributed by atoms with van der Waals surface area (Å²) in [6, 6.07) is 5.45. The molecule has 0 heterocycles. The van der Waals surface area contributed by atoms with Gasteiger partial charge in [0.25, 0.3) is 10.1 Å². The van der Waals surface area contributed by atoms with Crippen LogP contribution >= 0.6 is 0 Å². The van der Waals surface area contributed by atoms with Gasteiger partial charge in [-0.25, -0.2) is 0 Å². The second-order valence-electron chi connectivity index (χ2n) is 7.81. The molecule has 1 aliphatic rings. The number of aryl methyl sites for hydroxylation is 2. The molecule has 1 N–H and O–H groups in total. The van der Waals surface area contributed by atoms with Crippen LogP contribution in [0.3, 0.4) is 0 Å². The fourth-order valence-corrected chi connectivity index (χ4v) is 5.33. The zero-order valence-electron chi connectivity index (χ0n) is 15.8. The molecule has 0 radical (unpaired) electrons. The van der Waals surface area contributed by atoms with Gasteiger partial charge in [0.05, 0.1) is 4.90 Å². The first-order chi connectivity index (χ1) is 11.9. The normalized spacial score (nSPS) is 21.4. The Morgan fingerprint density at radius 1 is 1.00 bits per heavy atom. The summed E-state index contributed by atoms with van der Waals surface area (Å²) >= 11 is 0. The van der Waals surface area contributed by atoms with Gasteiger partial charge in [0.2, 0.25) is 0 Å². The van der Waals surface area contributed by atoms with Crippen LogP contribution in [-0.4, -0.2) is 13.0 Å². The van der Waals surface area contributed by atoms with Crippen LogP contribution in [-0.2, 0) is 16.5 Å². The molecule has 3 nitrogen and oxygen atoms in total. The highest BCUT2D eigenvalue weighted by molar-refractivity contribution is 7.86. The van der Waals surface area contributed by atoms with E-state index in [0.717, 1.165) is 30.2 Å². The van der Waals surface area contributed by atoms with Crippen LogP contribution in [0.4, 0.5) is 0 Å². The molecule has 1 aromatic rings. The van der Waals surface area contributed by atoms with E-state index in [4.69, 9.17) is 0 Å². The van der Waals surface area contributed by atoms with Gasteiger partial charge >= 0.3 is 0 Å². The van der Waals surface area contributed by atoms with Gasteiger partial charge in [0.15, 0.2) is 0 Å². The lowest BCUT2D eigenvalue weighted by atomic mass is 9.78. The van der Waals surface area contributed by atoms with Gasteiger partial charge in [0, 0.05) is 0 Å². The van der Waals surface area contributed by atoms with Crippen molar-refractivity contribution in [2.24, 2.45) is 11.8 Å². The Hall–Kier alpha value is -0.870. The van der Waals surface area contributed by atoms with Gasteiger partial charge in [0.1, 0.15) is 0 Å². The van der Waals surface area contributed by atoms with Crippen molar-refractivity contribution in [3.05, 3.63) is 29.3 Å². The summed E-state index contributed by atoms with van der Waals surface area (Å²) in [6.07, 6.45) is 13.8. The lowest BCUT2D eigenvalue weighted by molar-refractivity contribution is 0.246. The van der Waals surface area contributed by atoms with E-state index < -0.39 is 10.1 Å². The number of benzene rings is 1. The van der Waals surface area contributed by atoms with E-state index >= 15 is 0 Å². The lowest BCUT2D eigenvalue weighted by Gasteiger charge is -2.28. The van der Waals surface area contributed by atoms with E-state index in [1.165, 1.54) is 57.8 Å². The predicted octanol–water partition coefficient (Wildman–Crippen LogP) is 5.95. The molecule has 0 atom stereocenters. The van der Waals surface area contributed by atoms with E-state index in [0.29, 0.717) is 5.56 Å². The standard InChI is InChI=1S/C21H34O3S/c1-3-4-5-9-18-13-15-19(16-14-18)10-7-12-20-11-6-8-17(2)21(20)25(22,23)24/h6,8,11,18-19H,3-5,7,9-10,12-16H2,1-2H3,(H,22,23,24)/t18-,19-. The summed E-state index contributed by atoms with van der Waals surface area (Å²) in [5, 5.41) is 0. The molecular weight excluding hydrogens is 332 g/mol. The largest absolute Gasteiger partial charge is 0.295 e. The van der Waals surface area contributed by atoms with Crippen molar-refractivity contribution in [3.8, 4) is 0 Å². The van der Waals surface area contributed by atoms with Gasteiger partial charge in [-0.3, -0.25) is 4.55 Å². The second kappa shape index (κ2) is 9.72. The number of unbranched alkanes of at least 4 members (excludes halogenated alkanes) is 2. The third-order valence-corrected chi connectivity index (χ3v) is 6.89. The second-order valence-corrected chi connectivity index (χ2v) is 9.17. The van der Waals surface area contributed by atoms with Crippen LogP contribution in [0, 0.1) is 18.8 Å². The first-order valence-corrected chi connectivity index (χ1v) is 11.4. The topological polar surface area (TPSA) is 54.4 Å². The highest BCUT2D eigenvalue weighted by atomic mass is 32.2. The molecule has 1 aliphatic carbocycles. The van der Waals surface area contributed by atoms with Crippen molar-refractivity contribution in [3.63, 3.8) is 0 Å². The Balaban J connectivity index is 1.78. The Bertz CT molecular complexity index is 629. The Morgan fingerprint density at radius 2 is 1.60 bits per heavy atom. The summed E-state index contributed by atoms with van der Waals surface area (Å²) in [6.45, 7) is 4.00.